The van der Waals surface area contributed by atoms with Crippen LogP contribution in [0.3, 0.4) is 0 Å². The van der Waals surface area contributed by atoms with Crippen molar-refractivity contribution in [3.63, 3.8) is 0 Å². The SMILES string of the molecule is Cc1c(C(F)(F)F)nn(-c2ccc(F)cc2F)c1Cl. The molecule has 1 aromatic carbocycles. The maximum atomic E-state index is 13.5. The standard InChI is InChI=1S/C11H6ClF5N2/c1-5-9(11(15,16)17)18-19(10(5)12)8-3-2-6(13)4-7(8)14/h2-4H,1H3. The molecule has 0 atom stereocenters. The summed E-state index contributed by atoms with van der Waals surface area (Å²) in [6.45, 7) is 1.12. The van der Waals surface area contributed by atoms with Crippen molar-refractivity contribution in [2.75, 3.05) is 0 Å². The minimum atomic E-state index is -4.70. The summed E-state index contributed by atoms with van der Waals surface area (Å²) in [7, 11) is 0. The van der Waals surface area contributed by atoms with Crippen LogP contribution in [0.25, 0.3) is 5.69 Å². The molecule has 0 aliphatic carbocycles. The lowest BCUT2D eigenvalue weighted by molar-refractivity contribution is -0.141. The molecule has 1 heterocycles. The predicted octanol–water partition coefficient (Wildman–Crippen LogP) is 4.13. The Labute approximate surface area is 109 Å². The maximum Gasteiger partial charge on any atom is 0.435 e. The van der Waals surface area contributed by atoms with E-state index in [1.165, 1.54) is 0 Å². The first-order valence-electron chi connectivity index (χ1n) is 4.99. The van der Waals surface area contributed by atoms with Crippen molar-refractivity contribution in [3.05, 3.63) is 46.2 Å². The summed E-state index contributed by atoms with van der Waals surface area (Å²) < 4.78 is 64.8. The number of hydrogen-bond acceptors (Lipinski definition) is 1. The van der Waals surface area contributed by atoms with Gasteiger partial charge in [0.1, 0.15) is 16.7 Å². The van der Waals surface area contributed by atoms with E-state index in [0.717, 1.165) is 19.1 Å². The Balaban J connectivity index is 2.64. The molecule has 0 fully saturated rings. The predicted molar refractivity (Wildman–Crippen MR) is 58.2 cm³/mol. The van der Waals surface area contributed by atoms with Crippen LogP contribution in [-0.2, 0) is 6.18 Å². The van der Waals surface area contributed by atoms with Crippen LogP contribution in [0.2, 0.25) is 5.15 Å². The summed E-state index contributed by atoms with van der Waals surface area (Å²) in [6, 6.07) is 2.40. The third-order valence-corrected chi connectivity index (χ3v) is 2.90. The van der Waals surface area contributed by atoms with Crippen molar-refractivity contribution in [1.82, 2.24) is 9.78 Å². The highest BCUT2D eigenvalue weighted by Gasteiger charge is 2.38. The van der Waals surface area contributed by atoms with Gasteiger partial charge in [-0.3, -0.25) is 0 Å². The van der Waals surface area contributed by atoms with E-state index in [2.05, 4.69) is 5.10 Å². The van der Waals surface area contributed by atoms with Crippen LogP contribution < -0.4 is 0 Å². The number of hydrogen-bond donors (Lipinski definition) is 0. The lowest BCUT2D eigenvalue weighted by atomic mass is 10.2. The molecule has 0 N–H and O–H groups in total. The fourth-order valence-electron chi connectivity index (χ4n) is 1.56. The Morgan fingerprint density at radius 3 is 2.32 bits per heavy atom. The second kappa shape index (κ2) is 4.48. The Bertz CT molecular complexity index is 633. The molecule has 102 valence electrons. The summed E-state index contributed by atoms with van der Waals surface area (Å²) in [6.07, 6.45) is -4.70. The summed E-state index contributed by atoms with van der Waals surface area (Å²) in [5, 5.41) is 2.86. The van der Waals surface area contributed by atoms with Crippen LogP contribution in [0, 0.1) is 18.6 Å². The molecule has 8 heteroatoms. The Kier molecular flexibility index (Phi) is 3.25. The van der Waals surface area contributed by atoms with Crippen LogP contribution in [0.4, 0.5) is 22.0 Å². The summed E-state index contributed by atoms with van der Waals surface area (Å²) in [4.78, 5) is 0. The molecule has 19 heavy (non-hydrogen) atoms. The first-order valence-corrected chi connectivity index (χ1v) is 5.37. The van der Waals surface area contributed by atoms with Gasteiger partial charge in [-0.2, -0.15) is 18.3 Å². The maximum absolute atomic E-state index is 13.5. The van der Waals surface area contributed by atoms with Crippen molar-refractivity contribution in [2.24, 2.45) is 0 Å². The third kappa shape index (κ3) is 2.42. The number of nitrogens with zero attached hydrogens (tertiary/aromatic N) is 2. The first-order chi connectivity index (χ1) is 8.71. The fraction of sp³-hybridized carbons (Fsp3) is 0.182. The van der Waals surface area contributed by atoms with Crippen LogP contribution >= 0.6 is 11.6 Å². The highest BCUT2D eigenvalue weighted by molar-refractivity contribution is 6.30. The van der Waals surface area contributed by atoms with E-state index in [9.17, 15) is 22.0 Å². The summed E-state index contributed by atoms with van der Waals surface area (Å²) in [5.74, 6) is -1.91. The smallest absolute Gasteiger partial charge is 0.218 e. The van der Waals surface area contributed by atoms with Crippen molar-refractivity contribution in [3.8, 4) is 5.69 Å². The van der Waals surface area contributed by atoms with Crippen LogP contribution in [0.1, 0.15) is 11.3 Å². The van der Waals surface area contributed by atoms with E-state index in [-0.39, 0.29) is 16.4 Å². The van der Waals surface area contributed by atoms with Gasteiger partial charge in [-0.25, -0.2) is 13.5 Å². The van der Waals surface area contributed by atoms with Crippen molar-refractivity contribution in [2.45, 2.75) is 13.1 Å². The minimum absolute atomic E-state index is 0.321. The largest absolute Gasteiger partial charge is 0.435 e. The zero-order valence-corrected chi connectivity index (χ0v) is 10.2. The van der Waals surface area contributed by atoms with Crippen LogP contribution in [-0.4, -0.2) is 9.78 Å². The molecule has 0 spiro atoms. The second-order valence-electron chi connectivity index (χ2n) is 3.77. The third-order valence-electron chi connectivity index (χ3n) is 2.46. The molecule has 0 unspecified atom stereocenters. The average molecular weight is 297 g/mol. The zero-order valence-electron chi connectivity index (χ0n) is 9.39. The van der Waals surface area contributed by atoms with Gasteiger partial charge < -0.3 is 0 Å². The van der Waals surface area contributed by atoms with Crippen molar-refractivity contribution in [1.29, 1.82) is 0 Å². The monoisotopic (exact) mass is 296 g/mol. The minimum Gasteiger partial charge on any atom is -0.218 e. The van der Waals surface area contributed by atoms with E-state index < -0.39 is 23.5 Å². The van der Waals surface area contributed by atoms with Crippen LogP contribution in [0.15, 0.2) is 18.2 Å². The molecule has 0 bridgehead atoms. The molecule has 0 saturated carbocycles. The van der Waals surface area contributed by atoms with Gasteiger partial charge in [-0.15, -0.1) is 0 Å². The Morgan fingerprint density at radius 1 is 1.21 bits per heavy atom. The fourth-order valence-corrected chi connectivity index (χ4v) is 1.78. The molecule has 0 aliphatic heterocycles. The quantitative estimate of drug-likeness (QED) is 0.724. The van der Waals surface area contributed by atoms with Gasteiger partial charge >= 0.3 is 6.18 Å². The van der Waals surface area contributed by atoms with Crippen molar-refractivity contribution >= 4 is 11.6 Å². The van der Waals surface area contributed by atoms with E-state index >= 15 is 0 Å². The van der Waals surface area contributed by atoms with Gasteiger partial charge in [-0.05, 0) is 19.1 Å². The molecule has 2 nitrogen and oxygen atoms in total. The first kappa shape index (κ1) is 13.8. The Morgan fingerprint density at radius 2 is 1.84 bits per heavy atom. The molecular formula is C11H6ClF5N2. The topological polar surface area (TPSA) is 17.8 Å². The van der Waals surface area contributed by atoms with E-state index in [0.29, 0.717) is 10.7 Å². The highest BCUT2D eigenvalue weighted by atomic mass is 35.5. The molecule has 2 rings (SSSR count). The van der Waals surface area contributed by atoms with E-state index in [4.69, 9.17) is 11.6 Å². The lowest BCUT2D eigenvalue weighted by Crippen LogP contribution is -2.09. The molecule has 0 radical (unpaired) electrons. The summed E-state index contributed by atoms with van der Waals surface area (Å²) in [5.41, 5.74) is -1.89. The molecule has 2 aromatic rings. The highest BCUT2D eigenvalue weighted by Crippen LogP contribution is 2.35. The number of rotatable bonds is 1. The van der Waals surface area contributed by atoms with Gasteiger partial charge in [0.05, 0.1) is 0 Å². The average Bonchev–Trinajstić information content (AvgIpc) is 2.56. The molecular weight excluding hydrogens is 291 g/mol. The number of benzene rings is 1. The van der Waals surface area contributed by atoms with Gasteiger partial charge in [0.15, 0.2) is 11.5 Å². The molecule has 0 amide bonds. The number of alkyl halides is 3. The van der Waals surface area contributed by atoms with Gasteiger partial charge in [-0.1, -0.05) is 11.6 Å². The molecule has 0 saturated heterocycles. The lowest BCUT2D eigenvalue weighted by Gasteiger charge is -2.05. The zero-order chi connectivity index (χ0) is 14.4. The second-order valence-corrected chi connectivity index (χ2v) is 4.13. The number of halogens is 6. The normalized spacial score (nSPS) is 11.9. The van der Waals surface area contributed by atoms with E-state index in [1.54, 1.807) is 0 Å². The Hall–Kier alpha value is -1.63. The number of aromatic nitrogens is 2. The van der Waals surface area contributed by atoms with Gasteiger partial charge in [0.25, 0.3) is 0 Å². The van der Waals surface area contributed by atoms with Crippen LogP contribution in [0.5, 0.6) is 0 Å². The molecule has 1 aromatic heterocycles. The van der Waals surface area contributed by atoms with Gasteiger partial charge in [0, 0.05) is 11.6 Å². The summed E-state index contributed by atoms with van der Waals surface area (Å²) >= 11 is 5.71. The van der Waals surface area contributed by atoms with Crippen molar-refractivity contribution < 1.29 is 22.0 Å². The van der Waals surface area contributed by atoms with Gasteiger partial charge in [0.2, 0.25) is 0 Å². The van der Waals surface area contributed by atoms with E-state index in [1.807, 2.05) is 0 Å². The molecule has 0 aliphatic rings.